The first-order valence-corrected chi connectivity index (χ1v) is 12.7. The summed E-state index contributed by atoms with van der Waals surface area (Å²) in [5.41, 5.74) is -1.24. The molecule has 2 aliphatic rings. The molecule has 5 rings (SSSR count). The quantitative estimate of drug-likeness (QED) is 0.445. The third-order valence-corrected chi connectivity index (χ3v) is 7.81. The molecule has 0 unspecified atom stereocenters. The van der Waals surface area contributed by atoms with E-state index < -0.39 is 29.2 Å². The van der Waals surface area contributed by atoms with E-state index in [1.807, 2.05) is 0 Å². The van der Waals surface area contributed by atoms with Gasteiger partial charge in [0.05, 0.1) is 28.7 Å². The Morgan fingerprint density at radius 2 is 1.92 bits per heavy atom. The van der Waals surface area contributed by atoms with E-state index in [1.165, 1.54) is 28.6 Å². The third kappa shape index (κ3) is 5.16. The van der Waals surface area contributed by atoms with E-state index in [0.717, 1.165) is 6.07 Å². The van der Waals surface area contributed by atoms with Gasteiger partial charge in [0.1, 0.15) is 0 Å². The number of aliphatic imine (C=N–C) groups is 1. The van der Waals surface area contributed by atoms with Crippen molar-refractivity contribution in [2.24, 2.45) is 4.99 Å². The van der Waals surface area contributed by atoms with E-state index in [1.54, 1.807) is 35.4 Å². The molecule has 2 aromatic carbocycles. The highest BCUT2D eigenvalue weighted by Gasteiger charge is 2.41. The number of amides is 1. The number of likely N-dealkylation sites (tertiary alicyclic amines) is 1. The van der Waals surface area contributed by atoms with Gasteiger partial charge in [-0.3, -0.25) is 9.48 Å². The molecule has 0 spiro atoms. The standard InChI is InChI=1S/C25H20ClF3N4O4S/c26-17-3-2-15(18(11-17)25(27,28)29)13-33-19-4-1-14(9-16(19)12-30-33)10-20-21(34)31-23(38-20)32-7-5-24(37,6-8-32)22(35)36/h1-4,9-12,37H,5-8,13H2,(H,35,36). The van der Waals surface area contributed by atoms with E-state index >= 15 is 0 Å². The summed E-state index contributed by atoms with van der Waals surface area (Å²) in [7, 11) is 0. The van der Waals surface area contributed by atoms with Gasteiger partial charge in [-0.2, -0.15) is 23.3 Å². The lowest BCUT2D eigenvalue weighted by Gasteiger charge is -2.35. The lowest BCUT2D eigenvalue weighted by atomic mass is 9.92. The van der Waals surface area contributed by atoms with Crippen molar-refractivity contribution < 1.29 is 33.0 Å². The summed E-state index contributed by atoms with van der Waals surface area (Å²) in [4.78, 5) is 30.0. The summed E-state index contributed by atoms with van der Waals surface area (Å²) in [6, 6.07) is 8.88. The molecule has 1 amide bonds. The van der Waals surface area contributed by atoms with Crippen LogP contribution < -0.4 is 0 Å². The molecule has 198 valence electrons. The minimum absolute atomic E-state index is 0.00222. The number of alkyl halides is 3. The number of fused-ring (bicyclic) bond motifs is 1. The van der Waals surface area contributed by atoms with Crippen LogP contribution in [-0.4, -0.2) is 60.6 Å². The Hall–Kier alpha value is -3.35. The van der Waals surface area contributed by atoms with Crippen molar-refractivity contribution in [3.05, 3.63) is 69.2 Å². The fourth-order valence-electron chi connectivity index (χ4n) is 4.40. The summed E-state index contributed by atoms with van der Waals surface area (Å²) in [6.07, 6.45) is -1.30. The lowest BCUT2D eigenvalue weighted by Crippen LogP contribution is -2.50. The number of amidine groups is 1. The van der Waals surface area contributed by atoms with Gasteiger partial charge < -0.3 is 15.1 Å². The van der Waals surface area contributed by atoms with Crippen LogP contribution in [0.3, 0.4) is 0 Å². The van der Waals surface area contributed by atoms with E-state index in [2.05, 4.69) is 10.1 Å². The second-order valence-corrected chi connectivity index (χ2v) is 10.5. The van der Waals surface area contributed by atoms with Gasteiger partial charge in [0.15, 0.2) is 10.8 Å². The second-order valence-electron chi connectivity index (χ2n) is 9.05. The number of carbonyl (C=O) groups excluding carboxylic acids is 1. The van der Waals surface area contributed by atoms with Crippen LogP contribution in [0.4, 0.5) is 13.2 Å². The largest absolute Gasteiger partial charge is 0.479 e. The number of carbonyl (C=O) groups is 2. The molecule has 0 saturated carbocycles. The Kier molecular flexibility index (Phi) is 6.74. The lowest BCUT2D eigenvalue weighted by molar-refractivity contribution is -0.162. The van der Waals surface area contributed by atoms with Gasteiger partial charge in [0.25, 0.3) is 5.91 Å². The molecule has 13 heteroatoms. The van der Waals surface area contributed by atoms with Crippen molar-refractivity contribution in [1.29, 1.82) is 0 Å². The molecular formula is C25H20ClF3N4O4S. The van der Waals surface area contributed by atoms with E-state index in [0.29, 0.717) is 26.5 Å². The first-order chi connectivity index (χ1) is 17.9. The van der Waals surface area contributed by atoms with Gasteiger partial charge in [-0.25, -0.2) is 4.79 Å². The molecule has 3 aromatic rings. The normalized spacial score (nSPS) is 18.9. The van der Waals surface area contributed by atoms with Crippen LogP contribution in [0.5, 0.6) is 0 Å². The van der Waals surface area contributed by atoms with E-state index in [4.69, 9.17) is 11.6 Å². The van der Waals surface area contributed by atoms with Gasteiger partial charge in [-0.1, -0.05) is 23.7 Å². The Labute approximate surface area is 223 Å². The van der Waals surface area contributed by atoms with E-state index in [9.17, 15) is 33.0 Å². The topological polar surface area (TPSA) is 108 Å². The third-order valence-electron chi connectivity index (χ3n) is 6.53. The molecule has 0 bridgehead atoms. The molecule has 1 saturated heterocycles. The zero-order valence-electron chi connectivity index (χ0n) is 19.6. The number of nitrogens with zero attached hydrogens (tertiary/aromatic N) is 4. The predicted molar refractivity (Wildman–Crippen MR) is 137 cm³/mol. The molecule has 1 fully saturated rings. The molecule has 0 aliphatic carbocycles. The van der Waals surface area contributed by atoms with Crippen LogP contribution in [0.1, 0.15) is 29.5 Å². The first-order valence-electron chi connectivity index (χ1n) is 11.5. The monoisotopic (exact) mass is 564 g/mol. The van der Waals surface area contributed by atoms with Crippen LogP contribution in [0.2, 0.25) is 5.02 Å². The summed E-state index contributed by atoms with van der Waals surface area (Å²) in [5, 5.41) is 24.7. The van der Waals surface area contributed by atoms with Crippen molar-refractivity contribution in [1.82, 2.24) is 14.7 Å². The van der Waals surface area contributed by atoms with Gasteiger partial charge in [0, 0.05) is 36.3 Å². The van der Waals surface area contributed by atoms with Crippen molar-refractivity contribution in [3.8, 4) is 0 Å². The maximum atomic E-state index is 13.5. The zero-order chi connectivity index (χ0) is 27.2. The number of aliphatic hydroxyl groups is 1. The molecule has 38 heavy (non-hydrogen) atoms. The number of carboxylic acid groups (broad SMARTS) is 1. The molecular weight excluding hydrogens is 545 g/mol. The summed E-state index contributed by atoms with van der Waals surface area (Å²) in [6.45, 7) is 0.405. The smallest absolute Gasteiger partial charge is 0.416 e. The minimum atomic E-state index is -4.55. The molecule has 8 nitrogen and oxygen atoms in total. The van der Waals surface area contributed by atoms with Gasteiger partial charge >= 0.3 is 12.1 Å². The van der Waals surface area contributed by atoms with Gasteiger partial charge in [-0.15, -0.1) is 0 Å². The first kappa shape index (κ1) is 26.3. The molecule has 1 aromatic heterocycles. The number of hydrogen-bond donors (Lipinski definition) is 2. The van der Waals surface area contributed by atoms with Crippen molar-refractivity contribution >= 4 is 57.4 Å². The maximum Gasteiger partial charge on any atom is 0.416 e. The minimum Gasteiger partial charge on any atom is -0.479 e. The number of hydrogen-bond acceptors (Lipinski definition) is 6. The van der Waals surface area contributed by atoms with E-state index in [-0.39, 0.29) is 43.1 Å². The maximum absolute atomic E-state index is 13.5. The highest BCUT2D eigenvalue weighted by atomic mass is 35.5. The molecule has 2 aliphatic heterocycles. The molecule has 3 heterocycles. The zero-order valence-corrected chi connectivity index (χ0v) is 21.1. The van der Waals surface area contributed by atoms with Crippen LogP contribution in [0.25, 0.3) is 17.0 Å². The fourth-order valence-corrected chi connectivity index (χ4v) is 5.54. The average molecular weight is 565 g/mol. The Morgan fingerprint density at radius 1 is 1.18 bits per heavy atom. The van der Waals surface area contributed by atoms with Crippen molar-refractivity contribution in [2.75, 3.05) is 13.1 Å². The number of benzene rings is 2. The Bertz CT molecular complexity index is 1510. The summed E-state index contributed by atoms with van der Waals surface area (Å²) < 4.78 is 41.9. The van der Waals surface area contributed by atoms with Crippen LogP contribution in [-0.2, 0) is 22.3 Å². The number of halogens is 4. The van der Waals surface area contributed by atoms with Gasteiger partial charge in [0.2, 0.25) is 0 Å². The highest BCUT2D eigenvalue weighted by Crippen LogP contribution is 2.35. The predicted octanol–water partition coefficient (Wildman–Crippen LogP) is 4.64. The Balaban J connectivity index is 1.32. The highest BCUT2D eigenvalue weighted by molar-refractivity contribution is 8.18. The Morgan fingerprint density at radius 3 is 2.61 bits per heavy atom. The number of carboxylic acids is 1. The summed E-state index contributed by atoms with van der Waals surface area (Å²) in [5.74, 6) is -1.69. The number of aliphatic carboxylic acids is 1. The van der Waals surface area contributed by atoms with Crippen LogP contribution in [0, 0.1) is 0 Å². The summed E-state index contributed by atoms with van der Waals surface area (Å²) >= 11 is 6.94. The molecule has 2 N–H and O–H groups in total. The number of piperidine rings is 1. The van der Waals surface area contributed by atoms with Crippen molar-refractivity contribution in [3.63, 3.8) is 0 Å². The second kappa shape index (κ2) is 9.75. The average Bonchev–Trinajstić information content (AvgIpc) is 3.42. The van der Waals surface area contributed by atoms with Crippen molar-refractivity contribution in [2.45, 2.75) is 31.2 Å². The van der Waals surface area contributed by atoms with Crippen LogP contribution in [0.15, 0.2) is 52.5 Å². The van der Waals surface area contributed by atoms with Gasteiger partial charge in [-0.05, 0) is 53.2 Å². The molecule has 0 radical (unpaired) electrons. The fraction of sp³-hybridized carbons (Fsp3) is 0.280. The number of rotatable bonds is 4. The number of thioether (sulfide) groups is 1. The van der Waals surface area contributed by atoms with Crippen LogP contribution >= 0.6 is 23.4 Å². The molecule has 0 atom stereocenters. The number of aromatic nitrogens is 2. The SMILES string of the molecule is O=C1N=C(N2CCC(O)(C(=O)O)CC2)SC1=Cc1ccc2c(cnn2Cc2ccc(Cl)cc2C(F)(F)F)c1.